The van der Waals surface area contributed by atoms with Crippen LogP contribution in [-0.2, 0) is 0 Å². The molecule has 4 rings (SSSR count). The third-order valence-corrected chi connectivity index (χ3v) is 11.0. The number of fused-ring (bicyclic) bond motifs is 5. The first-order valence-electron chi connectivity index (χ1n) is 12.6. The summed E-state index contributed by atoms with van der Waals surface area (Å²) in [6, 6.07) is 0. The van der Waals surface area contributed by atoms with Crippen molar-refractivity contribution in [1.29, 1.82) is 0 Å². The van der Waals surface area contributed by atoms with E-state index in [1.165, 1.54) is 44.9 Å². The van der Waals surface area contributed by atoms with Crippen LogP contribution in [-0.4, -0.2) is 11.2 Å². The molecule has 0 amide bonds. The lowest BCUT2D eigenvalue weighted by molar-refractivity contribution is -0.198. The van der Waals surface area contributed by atoms with Crippen LogP contribution < -0.4 is 0 Å². The maximum absolute atomic E-state index is 11.8. The molecule has 0 aromatic heterocycles. The SMILES string of the molecule is C=CC[C@@H](C)[C@H]1CC[C@H]2[C@@H]3[C@H](O)[C@H](CC)[C@@H]4C[C@H](C)CC[C@]4(C)[C@H]3CC[C@]12C. The zero-order valence-electron chi connectivity index (χ0n) is 19.3. The number of aliphatic hydroxyl groups excluding tert-OH is 1. The van der Waals surface area contributed by atoms with Crippen LogP contribution in [0.4, 0.5) is 0 Å². The zero-order chi connectivity index (χ0) is 20.3. The van der Waals surface area contributed by atoms with E-state index in [9.17, 15) is 5.11 Å². The number of allylic oxidation sites excluding steroid dienone is 1. The van der Waals surface area contributed by atoms with Crippen LogP contribution in [0, 0.1) is 58.2 Å². The highest BCUT2D eigenvalue weighted by Crippen LogP contribution is 2.69. The van der Waals surface area contributed by atoms with Crippen molar-refractivity contribution in [3.8, 4) is 0 Å². The second-order valence-electron chi connectivity index (χ2n) is 12.1. The smallest absolute Gasteiger partial charge is 0.0605 e. The Labute approximate surface area is 174 Å². The number of rotatable bonds is 4. The molecule has 0 spiro atoms. The van der Waals surface area contributed by atoms with Gasteiger partial charge in [0.1, 0.15) is 0 Å². The Morgan fingerprint density at radius 3 is 2.39 bits per heavy atom. The molecule has 0 aromatic rings. The van der Waals surface area contributed by atoms with Crippen molar-refractivity contribution in [3.63, 3.8) is 0 Å². The highest BCUT2D eigenvalue weighted by molar-refractivity contribution is 5.13. The van der Waals surface area contributed by atoms with E-state index in [0.29, 0.717) is 22.7 Å². The van der Waals surface area contributed by atoms with Gasteiger partial charge in [0, 0.05) is 0 Å². The van der Waals surface area contributed by atoms with Gasteiger partial charge in [-0.15, -0.1) is 6.58 Å². The van der Waals surface area contributed by atoms with Crippen LogP contribution in [0.2, 0.25) is 0 Å². The Kier molecular flexibility index (Phi) is 5.56. The molecule has 160 valence electrons. The molecule has 0 heterocycles. The van der Waals surface area contributed by atoms with Gasteiger partial charge in [0.25, 0.3) is 0 Å². The fourth-order valence-electron chi connectivity index (χ4n) is 9.58. The molecular formula is C27H46O. The maximum Gasteiger partial charge on any atom is 0.0605 e. The lowest BCUT2D eigenvalue weighted by atomic mass is 9.41. The van der Waals surface area contributed by atoms with Crippen LogP contribution in [0.3, 0.4) is 0 Å². The summed E-state index contributed by atoms with van der Waals surface area (Å²) in [4.78, 5) is 0. The first kappa shape index (κ1) is 21.0. The molecule has 0 saturated heterocycles. The Morgan fingerprint density at radius 2 is 1.71 bits per heavy atom. The molecule has 11 atom stereocenters. The molecule has 4 fully saturated rings. The predicted octanol–water partition coefficient (Wildman–Crippen LogP) is 7.10. The van der Waals surface area contributed by atoms with Crippen LogP contribution in [0.15, 0.2) is 12.7 Å². The van der Waals surface area contributed by atoms with E-state index in [0.717, 1.165) is 48.3 Å². The van der Waals surface area contributed by atoms with E-state index in [2.05, 4.69) is 47.3 Å². The van der Waals surface area contributed by atoms with Gasteiger partial charge in [0.15, 0.2) is 0 Å². The zero-order valence-corrected chi connectivity index (χ0v) is 19.3. The highest BCUT2D eigenvalue weighted by Gasteiger charge is 2.64. The molecule has 1 nitrogen and oxygen atoms in total. The average molecular weight is 387 g/mol. The van der Waals surface area contributed by atoms with Crippen molar-refractivity contribution in [3.05, 3.63) is 12.7 Å². The first-order valence-corrected chi connectivity index (χ1v) is 12.6. The lowest BCUT2D eigenvalue weighted by Gasteiger charge is -2.65. The third-order valence-electron chi connectivity index (χ3n) is 11.0. The average Bonchev–Trinajstić information content (AvgIpc) is 3.01. The summed E-state index contributed by atoms with van der Waals surface area (Å²) < 4.78 is 0. The van der Waals surface area contributed by atoms with E-state index >= 15 is 0 Å². The Balaban J connectivity index is 1.67. The van der Waals surface area contributed by atoms with Crippen molar-refractivity contribution in [2.24, 2.45) is 58.2 Å². The molecule has 4 saturated carbocycles. The topological polar surface area (TPSA) is 20.2 Å². The Bertz CT molecular complexity index is 583. The minimum Gasteiger partial charge on any atom is -0.393 e. The number of hydrogen-bond acceptors (Lipinski definition) is 1. The van der Waals surface area contributed by atoms with Crippen molar-refractivity contribution in [1.82, 2.24) is 0 Å². The summed E-state index contributed by atoms with van der Waals surface area (Å²) in [5.74, 6) is 5.74. The fourth-order valence-corrected chi connectivity index (χ4v) is 9.58. The molecule has 4 aliphatic rings. The molecule has 4 aliphatic carbocycles. The van der Waals surface area contributed by atoms with E-state index in [4.69, 9.17) is 0 Å². The highest BCUT2D eigenvalue weighted by atomic mass is 16.3. The van der Waals surface area contributed by atoms with E-state index in [1.807, 2.05) is 0 Å². The van der Waals surface area contributed by atoms with Crippen LogP contribution >= 0.6 is 0 Å². The van der Waals surface area contributed by atoms with E-state index < -0.39 is 0 Å². The summed E-state index contributed by atoms with van der Waals surface area (Å²) in [6.07, 6.45) is 14.0. The standard InChI is InChI=1S/C27H46O/c1-7-9-18(4)20-10-11-21-24-22(13-15-26(20,21)5)27(6)14-12-17(3)16-23(27)19(8-2)25(24)28/h7,17-25,28H,1,8-16H2,2-6H3/t17-,18-,19-,20-,21+,22+,23+,24+,25-,26-,27-/m1/s1. The third kappa shape index (κ3) is 2.89. The fraction of sp³-hybridized carbons (Fsp3) is 0.926. The van der Waals surface area contributed by atoms with Crippen molar-refractivity contribution < 1.29 is 5.11 Å². The van der Waals surface area contributed by atoms with Gasteiger partial charge in [0.2, 0.25) is 0 Å². The minimum absolute atomic E-state index is 0.0588. The summed E-state index contributed by atoms with van der Waals surface area (Å²) in [5, 5.41) is 11.8. The lowest BCUT2D eigenvalue weighted by Crippen LogP contribution is -2.61. The second-order valence-corrected chi connectivity index (χ2v) is 12.1. The summed E-state index contributed by atoms with van der Waals surface area (Å²) in [6.45, 7) is 16.5. The molecule has 1 N–H and O–H groups in total. The molecule has 0 radical (unpaired) electrons. The van der Waals surface area contributed by atoms with E-state index in [1.54, 1.807) is 0 Å². The molecule has 0 unspecified atom stereocenters. The largest absolute Gasteiger partial charge is 0.393 e. The van der Waals surface area contributed by atoms with E-state index in [-0.39, 0.29) is 6.10 Å². The molecule has 0 aliphatic heterocycles. The van der Waals surface area contributed by atoms with Gasteiger partial charge in [-0.2, -0.15) is 0 Å². The normalized spacial score (nSPS) is 54.4. The van der Waals surface area contributed by atoms with Gasteiger partial charge in [-0.3, -0.25) is 0 Å². The molecule has 1 heteroatoms. The number of hydrogen-bond donors (Lipinski definition) is 1. The van der Waals surface area contributed by atoms with Gasteiger partial charge in [-0.1, -0.05) is 53.5 Å². The molecular weight excluding hydrogens is 340 g/mol. The summed E-state index contributed by atoms with van der Waals surface area (Å²) in [7, 11) is 0. The van der Waals surface area contributed by atoms with Gasteiger partial charge in [-0.25, -0.2) is 0 Å². The van der Waals surface area contributed by atoms with Crippen LogP contribution in [0.25, 0.3) is 0 Å². The molecule has 0 aromatic carbocycles. The van der Waals surface area contributed by atoms with Gasteiger partial charge in [0.05, 0.1) is 6.10 Å². The van der Waals surface area contributed by atoms with Gasteiger partial charge < -0.3 is 5.11 Å². The Morgan fingerprint density at radius 1 is 1.04 bits per heavy atom. The first-order chi connectivity index (χ1) is 13.3. The van der Waals surface area contributed by atoms with Crippen LogP contribution in [0.5, 0.6) is 0 Å². The van der Waals surface area contributed by atoms with Crippen molar-refractivity contribution >= 4 is 0 Å². The monoisotopic (exact) mass is 386 g/mol. The molecule has 28 heavy (non-hydrogen) atoms. The van der Waals surface area contributed by atoms with Crippen molar-refractivity contribution in [2.75, 3.05) is 0 Å². The van der Waals surface area contributed by atoms with Gasteiger partial charge in [-0.05, 0) is 103 Å². The van der Waals surface area contributed by atoms with Crippen LogP contribution in [0.1, 0.15) is 92.4 Å². The maximum atomic E-state index is 11.8. The predicted molar refractivity (Wildman–Crippen MR) is 119 cm³/mol. The minimum atomic E-state index is -0.0588. The van der Waals surface area contributed by atoms with Gasteiger partial charge >= 0.3 is 0 Å². The number of aliphatic hydroxyl groups is 1. The summed E-state index contributed by atoms with van der Waals surface area (Å²) >= 11 is 0. The Hall–Kier alpha value is -0.300. The molecule has 0 bridgehead atoms. The summed E-state index contributed by atoms with van der Waals surface area (Å²) in [5.41, 5.74) is 0.914. The quantitative estimate of drug-likeness (QED) is 0.511. The second kappa shape index (κ2) is 7.44. The van der Waals surface area contributed by atoms with Crippen molar-refractivity contribution in [2.45, 2.75) is 98.5 Å².